The fourth-order valence-corrected chi connectivity index (χ4v) is 3.76. The lowest BCUT2D eigenvalue weighted by Crippen LogP contribution is -2.33. The van der Waals surface area contributed by atoms with Gasteiger partial charge in [-0.1, -0.05) is 0 Å². The van der Waals surface area contributed by atoms with E-state index < -0.39 is 0 Å². The molecule has 23 heavy (non-hydrogen) atoms. The quantitative estimate of drug-likeness (QED) is 0.904. The number of amides is 1. The molecule has 6 nitrogen and oxygen atoms in total. The molecule has 1 aliphatic rings. The van der Waals surface area contributed by atoms with Gasteiger partial charge in [-0.2, -0.15) is 0 Å². The monoisotopic (exact) mass is 335 g/mol. The highest BCUT2D eigenvalue weighted by atomic mass is 32.1. The molecule has 1 unspecified atom stereocenters. The molecule has 0 spiro atoms. The number of thiophene rings is 1. The van der Waals surface area contributed by atoms with Gasteiger partial charge in [-0.25, -0.2) is 4.98 Å². The van der Waals surface area contributed by atoms with Crippen molar-refractivity contribution in [3.63, 3.8) is 0 Å². The second-order valence-corrected chi connectivity index (χ2v) is 7.10. The molecule has 0 saturated carbocycles. The Balaban J connectivity index is 1.62. The number of hydrogen-bond donors (Lipinski definition) is 1. The van der Waals surface area contributed by atoms with Crippen molar-refractivity contribution in [2.45, 2.75) is 45.8 Å². The number of nitrogens with one attached hydrogen (secondary N) is 1. The van der Waals surface area contributed by atoms with Gasteiger partial charge in [-0.15, -0.1) is 11.3 Å². The molecule has 0 aromatic carbocycles. The molecule has 2 aromatic heterocycles. The number of nitrogens with zero attached hydrogens (tertiary/aromatic N) is 2. The summed E-state index contributed by atoms with van der Waals surface area (Å²) in [6.45, 7) is 5.60. The van der Waals surface area contributed by atoms with Crippen LogP contribution in [0.25, 0.3) is 10.2 Å². The molecular formula is C16H21N3O3S. The summed E-state index contributed by atoms with van der Waals surface area (Å²) >= 11 is 1.53. The smallest absolute Gasteiger partial charge is 0.262 e. The minimum atomic E-state index is -0.0659. The second kappa shape index (κ2) is 6.80. The van der Waals surface area contributed by atoms with E-state index in [1.165, 1.54) is 22.2 Å². The summed E-state index contributed by atoms with van der Waals surface area (Å²) in [6, 6.07) is 0. The Morgan fingerprint density at radius 3 is 3.09 bits per heavy atom. The normalized spacial score (nSPS) is 17.7. The molecule has 1 aliphatic heterocycles. The van der Waals surface area contributed by atoms with E-state index in [1.54, 1.807) is 0 Å². The topological polar surface area (TPSA) is 73.2 Å². The molecule has 3 rings (SSSR count). The number of fused-ring (bicyclic) bond motifs is 1. The number of aromatic nitrogens is 2. The molecule has 7 heteroatoms. The van der Waals surface area contributed by atoms with Crippen LogP contribution in [0.3, 0.4) is 0 Å². The molecule has 124 valence electrons. The largest absolute Gasteiger partial charge is 0.376 e. The fourth-order valence-electron chi connectivity index (χ4n) is 2.77. The van der Waals surface area contributed by atoms with Gasteiger partial charge >= 0.3 is 0 Å². The van der Waals surface area contributed by atoms with E-state index in [9.17, 15) is 9.59 Å². The summed E-state index contributed by atoms with van der Waals surface area (Å²) < 4.78 is 6.99. The van der Waals surface area contributed by atoms with Crippen molar-refractivity contribution in [3.8, 4) is 0 Å². The van der Waals surface area contributed by atoms with Crippen LogP contribution in [0.1, 0.15) is 29.7 Å². The molecule has 1 saturated heterocycles. The first-order valence-corrected chi connectivity index (χ1v) is 8.71. The van der Waals surface area contributed by atoms with E-state index in [-0.39, 0.29) is 24.0 Å². The van der Waals surface area contributed by atoms with Crippen molar-refractivity contribution in [1.82, 2.24) is 14.9 Å². The number of carbonyl (C=O) groups is 1. The molecule has 2 aromatic rings. The Morgan fingerprint density at radius 2 is 2.35 bits per heavy atom. The van der Waals surface area contributed by atoms with Crippen LogP contribution in [0.2, 0.25) is 0 Å². The first-order chi connectivity index (χ1) is 11.1. The van der Waals surface area contributed by atoms with Gasteiger partial charge in [0.2, 0.25) is 5.91 Å². The van der Waals surface area contributed by atoms with Crippen molar-refractivity contribution >= 4 is 27.5 Å². The van der Waals surface area contributed by atoms with E-state index >= 15 is 0 Å². The molecule has 0 radical (unpaired) electrons. The summed E-state index contributed by atoms with van der Waals surface area (Å²) in [4.78, 5) is 30.7. The zero-order valence-electron chi connectivity index (χ0n) is 13.4. The summed E-state index contributed by atoms with van der Waals surface area (Å²) in [6.07, 6.45) is 3.99. The first-order valence-electron chi connectivity index (χ1n) is 7.89. The summed E-state index contributed by atoms with van der Waals surface area (Å²) in [5.74, 6) is -0.0641. The maximum atomic E-state index is 12.5. The van der Waals surface area contributed by atoms with Gasteiger partial charge in [0.05, 0.1) is 17.8 Å². The number of carbonyl (C=O) groups excluding carboxylic acids is 1. The maximum Gasteiger partial charge on any atom is 0.262 e. The van der Waals surface area contributed by atoms with Crippen LogP contribution < -0.4 is 10.9 Å². The van der Waals surface area contributed by atoms with Crippen LogP contribution in [0.5, 0.6) is 0 Å². The van der Waals surface area contributed by atoms with Crippen LogP contribution in [0.15, 0.2) is 11.1 Å². The van der Waals surface area contributed by atoms with Crippen LogP contribution in [-0.4, -0.2) is 34.7 Å². The predicted octanol–water partition coefficient (Wildman–Crippen LogP) is 1.76. The van der Waals surface area contributed by atoms with Crippen molar-refractivity contribution in [2.24, 2.45) is 0 Å². The van der Waals surface area contributed by atoms with Crippen LogP contribution in [-0.2, 0) is 16.1 Å². The van der Waals surface area contributed by atoms with E-state index in [0.717, 1.165) is 34.7 Å². The molecule has 0 aliphatic carbocycles. The van der Waals surface area contributed by atoms with Gasteiger partial charge in [0.25, 0.3) is 5.56 Å². The van der Waals surface area contributed by atoms with Crippen LogP contribution >= 0.6 is 11.3 Å². The SMILES string of the molecule is Cc1sc2ncn(CCC(=O)NCC3CCCO3)c(=O)c2c1C. The zero-order chi connectivity index (χ0) is 16.4. The number of hydrogen-bond acceptors (Lipinski definition) is 5. The Morgan fingerprint density at radius 1 is 1.52 bits per heavy atom. The van der Waals surface area contributed by atoms with Crippen molar-refractivity contribution in [1.29, 1.82) is 0 Å². The Kier molecular flexibility index (Phi) is 4.77. The highest BCUT2D eigenvalue weighted by Gasteiger charge is 2.16. The highest BCUT2D eigenvalue weighted by molar-refractivity contribution is 7.18. The lowest BCUT2D eigenvalue weighted by Gasteiger charge is -2.11. The number of ether oxygens (including phenoxy) is 1. The van der Waals surface area contributed by atoms with Crippen molar-refractivity contribution in [2.75, 3.05) is 13.2 Å². The highest BCUT2D eigenvalue weighted by Crippen LogP contribution is 2.25. The third kappa shape index (κ3) is 3.45. The maximum absolute atomic E-state index is 12.5. The van der Waals surface area contributed by atoms with Gasteiger partial charge in [0.15, 0.2) is 0 Å². The van der Waals surface area contributed by atoms with Gasteiger partial charge in [0.1, 0.15) is 4.83 Å². The fraction of sp³-hybridized carbons (Fsp3) is 0.562. The van der Waals surface area contributed by atoms with Gasteiger partial charge in [-0.05, 0) is 32.3 Å². The van der Waals surface area contributed by atoms with Crippen molar-refractivity contribution < 1.29 is 9.53 Å². The zero-order valence-corrected chi connectivity index (χ0v) is 14.2. The summed E-state index contributed by atoms with van der Waals surface area (Å²) in [7, 11) is 0. The molecule has 3 heterocycles. The molecule has 1 fully saturated rings. The third-order valence-electron chi connectivity index (χ3n) is 4.29. The van der Waals surface area contributed by atoms with Gasteiger partial charge < -0.3 is 10.1 Å². The summed E-state index contributed by atoms with van der Waals surface area (Å²) in [5, 5.41) is 3.55. The average molecular weight is 335 g/mol. The molecular weight excluding hydrogens is 314 g/mol. The van der Waals surface area contributed by atoms with Crippen LogP contribution in [0.4, 0.5) is 0 Å². The molecule has 0 bridgehead atoms. The number of rotatable bonds is 5. The minimum Gasteiger partial charge on any atom is -0.376 e. The molecule has 1 atom stereocenters. The lowest BCUT2D eigenvalue weighted by atomic mass is 10.2. The van der Waals surface area contributed by atoms with E-state index in [4.69, 9.17) is 4.74 Å². The predicted molar refractivity (Wildman–Crippen MR) is 90.0 cm³/mol. The molecule has 1 amide bonds. The van der Waals surface area contributed by atoms with Gasteiger partial charge in [0, 0.05) is 31.0 Å². The Hall–Kier alpha value is -1.73. The van der Waals surface area contributed by atoms with E-state index in [1.807, 2.05) is 13.8 Å². The number of aryl methyl sites for hydroxylation is 3. The average Bonchev–Trinajstić information content (AvgIpc) is 3.14. The van der Waals surface area contributed by atoms with Gasteiger partial charge in [-0.3, -0.25) is 14.2 Å². The van der Waals surface area contributed by atoms with E-state index in [2.05, 4.69) is 10.3 Å². The lowest BCUT2D eigenvalue weighted by molar-refractivity contribution is -0.121. The van der Waals surface area contributed by atoms with E-state index in [0.29, 0.717) is 18.5 Å². The van der Waals surface area contributed by atoms with Crippen molar-refractivity contribution in [3.05, 3.63) is 27.1 Å². The first kappa shape index (κ1) is 16.1. The Labute approximate surface area is 138 Å². The molecule has 1 N–H and O–H groups in total. The summed E-state index contributed by atoms with van der Waals surface area (Å²) in [5.41, 5.74) is 0.920. The minimum absolute atomic E-state index is 0.0641. The second-order valence-electron chi connectivity index (χ2n) is 5.90. The van der Waals surface area contributed by atoms with Crippen LogP contribution in [0, 0.1) is 13.8 Å². The standard InChI is InChI=1S/C16H21N3O3S/c1-10-11(2)23-15-14(10)16(21)19(9-18-15)6-5-13(20)17-8-12-4-3-7-22-12/h9,12H,3-8H2,1-2H3,(H,17,20). The Bertz CT molecular complexity index is 775. The third-order valence-corrected chi connectivity index (χ3v) is 5.40.